The van der Waals surface area contributed by atoms with Gasteiger partial charge in [0, 0.05) is 28.8 Å². The van der Waals surface area contributed by atoms with Gasteiger partial charge in [-0.05, 0) is 51.8 Å². The Balaban J connectivity index is 2.74. The Hall–Kier alpha value is -0.620. The van der Waals surface area contributed by atoms with Gasteiger partial charge in [-0.15, -0.1) is 0 Å². The summed E-state index contributed by atoms with van der Waals surface area (Å²) in [6, 6.07) is 6.10. The van der Waals surface area contributed by atoms with Crippen molar-refractivity contribution in [3.63, 3.8) is 0 Å². The summed E-state index contributed by atoms with van der Waals surface area (Å²) >= 11 is 2.29. The van der Waals surface area contributed by atoms with Gasteiger partial charge >= 0.3 is 0 Å². The van der Waals surface area contributed by atoms with E-state index in [9.17, 15) is 4.79 Å². The van der Waals surface area contributed by atoms with Gasteiger partial charge in [0.1, 0.15) is 0 Å². The van der Waals surface area contributed by atoms with Crippen molar-refractivity contribution in [2.75, 3.05) is 11.9 Å². The van der Waals surface area contributed by atoms with Gasteiger partial charge in [-0.25, -0.2) is 0 Å². The zero-order valence-corrected chi connectivity index (χ0v) is 14.3. The first-order valence-electron chi connectivity index (χ1n) is 6.61. The van der Waals surface area contributed by atoms with E-state index in [4.69, 9.17) is 0 Å². The summed E-state index contributed by atoms with van der Waals surface area (Å²) in [7, 11) is 0. The molecule has 0 heterocycles. The molecule has 2 N–H and O–H groups in total. The van der Waals surface area contributed by atoms with Crippen molar-refractivity contribution in [3.8, 4) is 0 Å². The molecule has 3 nitrogen and oxygen atoms in total. The lowest BCUT2D eigenvalue weighted by molar-refractivity contribution is -0.115. The van der Waals surface area contributed by atoms with Crippen molar-refractivity contribution in [1.29, 1.82) is 0 Å². The van der Waals surface area contributed by atoms with Crippen LogP contribution in [0.5, 0.6) is 0 Å². The van der Waals surface area contributed by atoms with Gasteiger partial charge < -0.3 is 10.6 Å². The van der Waals surface area contributed by atoms with Gasteiger partial charge in [-0.3, -0.25) is 4.79 Å². The van der Waals surface area contributed by atoms with Crippen LogP contribution in [-0.2, 0) is 11.3 Å². The second kappa shape index (κ2) is 7.24. The van der Waals surface area contributed by atoms with Crippen LogP contribution in [0.15, 0.2) is 18.2 Å². The lowest BCUT2D eigenvalue weighted by atomic mass is 9.97. The van der Waals surface area contributed by atoms with E-state index in [1.165, 1.54) is 3.57 Å². The molecule has 0 atom stereocenters. The fourth-order valence-corrected chi connectivity index (χ4v) is 2.20. The molecule has 1 aromatic rings. The first-order valence-corrected chi connectivity index (χ1v) is 7.68. The largest absolute Gasteiger partial charge is 0.326 e. The smallest absolute Gasteiger partial charge is 0.224 e. The molecule has 0 aromatic heterocycles. The number of carbonyl (C=O) groups excluding carboxylic acids is 1. The third-order valence-electron chi connectivity index (χ3n) is 2.63. The summed E-state index contributed by atoms with van der Waals surface area (Å²) < 4.78 is 1.18. The molecule has 0 spiro atoms. The molecule has 1 amide bonds. The standard InChI is InChI=1S/C15H23IN2O/c1-5-14(19)18-13-7-6-12(16)8-11(13)9-17-10-15(2,3)4/h6-8,17H,5,9-10H2,1-4H3,(H,18,19). The molecule has 106 valence electrons. The normalized spacial score (nSPS) is 11.4. The maximum atomic E-state index is 11.5. The average Bonchev–Trinajstić information content (AvgIpc) is 2.30. The molecular weight excluding hydrogens is 351 g/mol. The van der Waals surface area contributed by atoms with Crippen LogP contribution in [0, 0.1) is 8.99 Å². The summed E-state index contributed by atoms with van der Waals surface area (Å²) in [5.74, 6) is 0.0540. The number of rotatable bonds is 5. The molecule has 1 rings (SSSR count). The van der Waals surface area contributed by atoms with E-state index in [0.717, 1.165) is 24.3 Å². The third-order valence-corrected chi connectivity index (χ3v) is 3.30. The monoisotopic (exact) mass is 374 g/mol. The summed E-state index contributed by atoms with van der Waals surface area (Å²) in [5, 5.41) is 6.40. The van der Waals surface area contributed by atoms with E-state index in [1.807, 2.05) is 19.1 Å². The molecule has 0 radical (unpaired) electrons. The third kappa shape index (κ3) is 6.38. The Kier molecular flexibility index (Phi) is 6.26. The van der Waals surface area contributed by atoms with Crippen molar-refractivity contribution in [2.45, 2.75) is 40.7 Å². The van der Waals surface area contributed by atoms with Crippen LogP contribution in [0.4, 0.5) is 5.69 Å². The number of halogens is 1. The first-order chi connectivity index (χ1) is 8.81. The lowest BCUT2D eigenvalue weighted by Gasteiger charge is -2.20. The number of amides is 1. The fourth-order valence-electron chi connectivity index (χ4n) is 1.64. The van der Waals surface area contributed by atoms with Crippen molar-refractivity contribution in [3.05, 3.63) is 27.3 Å². The zero-order chi connectivity index (χ0) is 14.5. The average molecular weight is 374 g/mol. The molecule has 0 aliphatic carbocycles. The number of carbonyl (C=O) groups is 1. The van der Waals surface area contributed by atoms with E-state index >= 15 is 0 Å². The molecule has 0 aliphatic rings. The van der Waals surface area contributed by atoms with Gasteiger partial charge in [0.25, 0.3) is 0 Å². The van der Waals surface area contributed by atoms with Gasteiger partial charge in [0.15, 0.2) is 0 Å². The van der Waals surface area contributed by atoms with Crippen LogP contribution < -0.4 is 10.6 Å². The van der Waals surface area contributed by atoms with Gasteiger partial charge in [0.05, 0.1) is 0 Å². The molecule has 0 saturated heterocycles. The second-order valence-electron chi connectivity index (χ2n) is 5.87. The minimum Gasteiger partial charge on any atom is -0.326 e. The predicted molar refractivity (Wildman–Crippen MR) is 89.2 cm³/mol. The second-order valence-corrected chi connectivity index (χ2v) is 7.11. The molecule has 1 aromatic carbocycles. The Morgan fingerprint density at radius 3 is 2.58 bits per heavy atom. The number of hydrogen-bond donors (Lipinski definition) is 2. The Morgan fingerprint density at radius 2 is 2.00 bits per heavy atom. The number of anilines is 1. The highest BCUT2D eigenvalue weighted by atomic mass is 127. The summed E-state index contributed by atoms with van der Waals surface area (Å²) in [6.07, 6.45) is 0.501. The van der Waals surface area contributed by atoms with Crippen molar-refractivity contribution >= 4 is 34.2 Å². The van der Waals surface area contributed by atoms with Crippen molar-refractivity contribution in [1.82, 2.24) is 5.32 Å². The predicted octanol–water partition coefficient (Wildman–Crippen LogP) is 3.78. The van der Waals surface area contributed by atoms with Crippen LogP contribution in [0.2, 0.25) is 0 Å². The highest BCUT2D eigenvalue weighted by Gasteiger charge is 2.11. The van der Waals surface area contributed by atoms with E-state index in [1.54, 1.807) is 0 Å². The maximum Gasteiger partial charge on any atom is 0.224 e. The Labute approximate surface area is 129 Å². The quantitative estimate of drug-likeness (QED) is 0.771. The van der Waals surface area contributed by atoms with Gasteiger partial charge in [0.2, 0.25) is 5.91 Å². The number of nitrogens with one attached hydrogen (secondary N) is 2. The van der Waals surface area contributed by atoms with E-state index in [2.05, 4.69) is 60.1 Å². The van der Waals surface area contributed by atoms with Gasteiger partial charge in [-0.1, -0.05) is 27.7 Å². The van der Waals surface area contributed by atoms with E-state index in [-0.39, 0.29) is 11.3 Å². The highest BCUT2D eigenvalue weighted by Crippen LogP contribution is 2.20. The van der Waals surface area contributed by atoms with Crippen molar-refractivity contribution in [2.24, 2.45) is 5.41 Å². The highest BCUT2D eigenvalue weighted by molar-refractivity contribution is 14.1. The molecule has 4 heteroatoms. The molecule has 0 saturated carbocycles. The SMILES string of the molecule is CCC(=O)Nc1ccc(I)cc1CNCC(C)(C)C. The van der Waals surface area contributed by atoms with Crippen molar-refractivity contribution < 1.29 is 4.79 Å². The summed E-state index contributed by atoms with van der Waals surface area (Å²) in [5.41, 5.74) is 2.31. The number of benzene rings is 1. The minimum absolute atomic E-state index is 0.0540. The number of hydrogen-bond acceptors (Lipinski definition) is 2. The topological polar surface area (TPSA) is 41.1 Å². The molecule has 0 bridgehead atoms. The van der Waals surface area contributed by atoms with E-state index in [0.29, 0.717) is 6.42 Å². The molecule has 19 heavy (non-hydrogen) atoms. The lowest BCUT2D eigenvalue weighted by Crippen LogP contribution is -2.27. The molecular formula is C15H23IN2O. The Bertz CT molecular complexity index is 438. The van der Waals surface area contributed by atoms with Crippen LogP contribution >= 0.6 is 22.6 Å². The van der Waals surface area contributed by atoms with Crippen LogP contribution in [0.25, 0.3) is 0 Å². The first kappa shape index (κ1) is 16.4. The van der Waals surface area contributed by atoms with Crippen LogP contribution in [0.1, 0.15) is 39.7 Å². The fraction of sp³-hybridized carbons (Fsp3) is 0.533. The molecule has 0 unspecified atom stereocenters. The minimum atomic E-state index is 0.0540. The molecule has 0 fully saturated rings. The Morgan fingerprint density at radius 1 is 1.32 bits per heavy atom. The van der Waals surface area contributed by atoms with Gasteiger partial charge in [-0.2, -0.15) is 0 Å². The van der Waals surface area contributed by atoms with E-state index < -0.39 is 0 Å². The zero-order valence-electron chi connectivity index (χ0n) is 12.1. The molecule has 0 aliphatic heterocycles. The summed E-state index contributed by atoms with van der Waals surface area (Å²) in [6.45, 7) is 10.2. The van der Waals surface area contributed by atoms with Crippen LogP contribution in [0.3, 0.4) is 0 Å². The van der Waals surface area contributed by atoms with Crippen LogP contribution in [-0.4, -0.2) is 12.5 Å². The maximum absolute atomic E-state index is 11.5. The summed E-state index contributed by atoms with van der Waals surface area (Å²) in [4.78, 5) is 11.5.